The van der Waals surface area contributed by atoms with E-state index in [-0.39, 0.29) is 11.5 Å². The van der Waals surface area contributed by atoms with Crippen LogP contribution in [0.25, 0.3) is 5.57 Å². The van der Waals surface area contributed by atoms with Gasteiger partial charge < -0.3 is 18.2 Å². The van der Waals surface area contributed by atoms with Crippen LogP contribution in [0.2, 0.25) is 0 Å². The Morgan fingerprint density at radius 2 is 1.29 bits per heavy atom. The number of thioether (sulfide) groups is 1. The van der Waals surface area contributed by atoms with Gasteiger partial charge >= 0.3 is 26.2 Å². The highest BCUT2D eigenvalue weighted by molar-refractivity contribution is 7.99. The zero-order chi connectivity index (χ0) is 27.9. The molecule has 0 radical (unpaired) electrons. The van der Waals surface area contributed by atoms with Crippen LogP contribution in [-0.2, 0) is 25.0 Å². The number of ether oxygens (including phenoxy) is 1. The van der Waals surface area contributed by atoms with E-state index in [9.17, 15) is 21.6 Å². The van der Waals surface area contributed by atoms with Crippen LogP contribution in [0.15, 0.2) is 77.7 Å². The Kier molecular flexibility index (Phi) is 9.47. The number of carboxylic acids is 1. The number of carbonyl (C=O) groups is 1. The fraction of sp³-hybridized carbons (Fsp3) is 0.192. The van der Waals surface area contributed by atoms with Crippen molar-refractivity contribution in [1.29, 1.82) is 0 Å². The van der Waals surface area contributed by atoms with Gasteiger partial charge in [-0.3, -0.25) is 0 Å². The Morgan fingerprint density at radius 1 is 0.816 bits per heavy atom. The van der Waals surface area contributed by atoms with Crippen molar-refractivity contribution >= 4 is 43.5 Å². The molecule has 0 bridgehead atoms. The predicted octanol–water partition coefficient (Wildman–Crippen LogP) is 4.36. The first-order valence-corrected chi connectivity index (χ1v) is 15.7. The van der Waals surface area contributed by atoms with Crippen molar-refractivity contribution in [3.63, 3.8) is 0 Å². The van der Waals surface area contributed by atoms with Crippen LogP contribution in [0.4, 0.5) is 0 Å². The molecular formula is C26H26O9S3. The van der Waals surface area contributed by atoms with E-state index in [4.69, 9.17) is 18.2 Å². The smallest absolute Gasteiger partial charge is 0.341 e. The Bertz CT molecular complexity index is 1450. The molecule has 0 aliphatic heterocycles. The molecule has 38 heavy (non-hydrogen) atoms. The third-order valence-corrected chi connectivity index (χ3v) is 6.95. The van der Waals surface area contributed by atoms with Crippen molar-refractivity contribution < 1.29 is 39.8 Å². The lowest BCUT2D eigenvalue weighted by molar-refractivity contribution is -0.139. The maximum Gasteiger partial charge on any atom is 0.341 e. The number of benzene rings is 3. The molecule has 202 valence electrons. The summed E-state index contributed by atoms with van der Waals surface area (Å²) in [5.74, 6) is 0.351. The zero-order valence-electron chi connectivity index (χ0n) is 20.8. The molecule has 0 aromatic heterocycles. The summed E-state index contributed by atoms with van der Waals surface area (Å²) in [4.78, 5) is 11.7. The van der Waals surface area contributed by atoms with Gasteiger partial charge in [0.1, 0.15) is 17.2 Å². The molecular weight excluding hydrogens is 552 g/mol. The van der Waals surface area contributed by atoms with Crippen molar-refractivity contribution in [2.24, 2.45) is 0 Å². The van der Waals surface area contributed by atoms with E-state index in [0.717, 1.165) is 39.7 Å². The summed E-state index contributed by atoms with van der Waals surface area (Å²) in [5, 5.41) is 8.78. The Labute approximate surface area is 226 Å². The SMILES string of the molecule is Cc1cc(OCC(=O)O)ccc1SCC=C(c1ccc(OS(C)(=O)=O)cc1)c1ccc(OS(C)(=O)=O)cc1. The van der Waals surface area contributed by atoms with Gasteiger partial charge in [-0.25, -0.2) is 4.79 Å². The van der Waals surface area contributed by atoms with E-state index in [1.54, 1.807) is 72.4 Å². The minimum atomic E-state index is -3.66. The summed E-state index contributed by atoms with van der Waals surface area (Å²) in [6, 6.07) is 18.5. The summed E-state index contributed by atoms with van der Waals surface area (Å²) in [6.45, 7) is 1.49. The third kappa shape index (κ3) is 9.43. The number of carboxylic acid groups (broad SMARTS) is 1. The van der Waals surface area contributed by atoms with Gasteiger partial charge in [-0.15, -0.1) is 11.8 Å². The minimum Gasteiger partial charge on any atom is -0.482 e. The molecule has 0 spiro atoms. The third-order valence-electron chi connectivity index (χ3n) is 4.86. The second-order valence-electron chi connectivity index (χ2n) is 8.16. The number of aryl methyl sites for hydroxylation is 1. The monoisotopic (exact) mass is 578 g/mol. The van der Waals surface area contributed by atoms with Crippen LogP contribution in [0, 0.1) is 6.92 Å². The zero-order valence-corrected chi connectivity index (χ0v) is 23.2. The normalized spacial score (nSPS) is 11.4. The van der Waals surface area contributed by atoms with Crippen LogP contribution < -0.4 is 13.1 Å². The fourth-order valence-electron chi connectivity index (χ4n) is 3.37. The second-order valence-corrected chi connectivity index (χ2v) is 12.4. The van der Waals surface area contributed by atoms with Crippen LogP contribution in [0.5, 0.6) is 17.2 Å². The molecule has 12 heteroatoms. The van der Waals surface area contributed by atoms with Gasteiger partial charge in [-0.05, 0) is 71.7 Å². The number of rotatable bonds is 12. The number of hydrogen-bond donors (Lipinski definition) is 1. The van der Waals surface area contributed by atoms with Crippen LogP contribution in [0.3, 0.4) is 0 Å². The summed E-state index contributed by atoms with van der Waals surface area (Å²) in [5.41, 5.74) is 3.33. The summed E-state index contributed by atoms with van der Waals surface area (Å²) >= 11 is 1.56. The molecule has 0 saturated heterocycles. The van der Waals surface area contributed by atoms with Crippen molar-refractivity contribution in [3.05, 3.63) is 89.5 Å². The highest BCUT2D eigenvalue weighted by atomic mass is 32.2. The highest BCUT2D eigenvalue weighted by Crippen LogP contribution is 2.31. The first-order valence-electron chi connectivity index (χ1n) is 11.1. The topological polar surface area (TPSA) is 133 Å². The molecule has 0 heterocycles. The van der Waals surface area contributed by atoms with Gasteiger partial charge in [0, 0.05) is 10.6 Å². The van der Waals surface area contributed by atoms with Crippen LogP contribution >= 0.6 is 11.8 Å². The van der Waals surface area contributed by atoms with E-state index < -0.39 is 32.8 Å². The van der Waals surface area contributed by atoms with Gasteiger partial charge in [0.25, 0.3) is 0 Å². The van der Waals surface area contributed by atoms with Crippen LogP contribution in [0.1, 0.15) is 16.7 Å². The molecule has 3 rings (SSSR count). The molecule has 0 fully saturated rings. The van der Waals surface area contributed by atoms with Gasteiger partial charge in [-0.2, -0.15) is 16.8 Å². The molecule has 9 nitrogen and oxygen atoms in total. The van der Waals surface area contributed by atoms with Gasteiger partial charge in [0.05, 0.1) is 12.5 Å². The average molecular weight is 579 g/mol. The lowest BCUT2D eigenvalue weighted by Gasteiger charge is -2.12. The second kappa shape index (κ2) is 12.4. The summed E-state index contributed by atoms with van der Waals surface area (Å²) < 4.78 is 60.8. The molecule has 0 atom stereocenters. The maximum absolute atomic E-state index is 11.4. The first-order chi connectivity index (χ1) is 17.8. The minimum absolute atomic E-state index is 0.183. The molecule has 0 aliphatic carbocycles. The van der Waals surface area contributed by atoms with Gasteiger partial charge in [-0.1, -0.05) is 30.3 Å². The Morgan fingerprint density at radius 3 is 1.71 bits per heavy atom. The van der Waals surface area contributed by atoms with E-state index in [1.165, 1.54) is 0 Å². The summed E-state index contributed by atoms with van der Waals surface area (Å²) in [7, 11) is -7.32. The van der Waals surface area contributed by atoms with Crippen molar-refractivity contribution in [1.82, 2.24) is 0 Å². The van der Waals surface area contributed by atoms with E-state index in [1.807, 2.05) is 19.1 Å². The predicted molar refractivity (Wildman–Crippen MR) is 146 cm³/mol. The van der Waals surface area contributed by atoms with Crippen molar-refractivity contribution in [3.8, 4) is 17.2 Å². The fourth-order valence-corrected chi connectivity index (χ4v) is 5.17. The summed E-state index contributed by atoms with van der Waals surface area (Å²) in [6.07, 6.45) is 3.94. The lowest BCUT2D eigenvalue weighted by Crippen LogP contribution is -2.09. The van der Waals surface area contributed by atoms with E-state index >= 15 is 0 Å². The molecule has 0 saturated carbocycles. The maximum atomic E-state index is 11.4. The van der Waals surface area contributed by atoms with Gasteiger partial charge in [0.15, 0.2) is 6.61 Å². The molecule has 1 N–H and O–H groups in total. The Hall–Kier alpha value is -3.48. The number of aliphatic carboxylic acids is 1. The van der Waals surface area contributed by atoms with E-state index in [0.29, 0.717) is 11.5 Å². The Balaban J connectivity index is 1.86. The molecule has 0 aliphatic rings. The van der Waals surface area contributed by atoms with Gasteiger partial charge in [0.2, 0.25) is 0 Å². The quantitative estimate of drug-likeness (QED) is 0.244. The highest BCUT2D eigenvalue weighted by Gasteiger charge is 2.11. The molecule has 0 amide bonds. The largest absolute Gasteiger partial charge is 0.482 e. The van der Waals surface area contributed by atoms with Crippen molar-refractivity contribution in [2.75, 3.05) is 24.9 Å². The number of hydrogen-bond acceptors (Lipinski definition) is 9. The van der Waals surface area contributed by atoms with E-state index in [2.05, 4.69) is 0 Å². The standard InChI is InChI=1S/C26H26O9S3/c1-18-16-23(33-17-26(27)28)12-13-25(18)36-15-14-24(19-4-8-21(9-5-19)34-37(2,29)30)20-6-10-22(11-7-20)35-38(3,31)32/h4-14,16H,15,17H2,1-3H3,(H,27,28). The molecule has 3 aromatic carbocycles. The first kappa shape index (κ1) is 29.1. The average Bonchev–Trinajstić information content (AvgIpc) is 2.81. The van der Waals surface area contributed by atoms with Crippen molar-refractivity contribution in [2.45, 2.75) is 11.8 Å². The van der Waals surface area contributed by atoms with Crippen LogP contribution in [-0.4, -0.2) is 52.8 Å². The molecule has 0 unspecified atom stereocenters. The molecule has 3 aromatic rings. The lowest BCUT2D eigenvalue weighted by atomic mass is 9.97.